The SMILES string of the molecule is CCc1ccc(Br)cc1C1(C(=O)O)CCCCC1. The second kappa shape index (κ2) is 5.43. The minimum atomic E-state index is -0.659. The van der Waals surface area contributed by atoms with E-state index in [1.165, 1.54) is 5.56 Å². The third-order valence-electron chi connectivity index (χ3n) is 4.08. The zero-order valence-electron chi connectivity index (χ0n) is 10.7. The third-order valence-corrected chi connectivity index (χ3v) is 4.58. The van der Waals surface area contributed by atoms with Crippen molar-refractivity contribution in [3.8, 4) is 0 Å². The Balaban J connectivity index is 2.54. The van der Waals surface area contributed by atoms with Crippen molar-refractivity contribution in [2.24, 2.45) is 0 Å². The lowest BCUT2D eigenvalue weighted by atomic mass is 9.68. The van der Waals surface area contributed by atoms with Crippen molar-refractivity contribution in [1.82, 2.24) is 0 Å². The Hall–Kier alpha value is -0.830. The first kappa shape index (κ1) is 13.6. The third kappa shape index (κ3) is 2.33. The number of carboxylic acids is 1. The minimum absolute atomic E-state index is 0.657. The van der Waals surface area contributed by atoms with Gasteiger partial charge in [-0.25, -0.2) is 0 Å². The Morgan fingerprint density at radius 3 is 2.56 bits per heavy atom. The fourth-order valence-corrected chi connectivity index (χ4v) is 3.42. The monoisotopic (exact) mass is 310 g/mol. The van der Waals surface area contributed by atoms with Gasteiger partial charge >= 0.3 is 5.97 Å². The van der Waals surface area contributed by atoms with Crippen molar-refractivity contribution in [2.45, 2.75) is 50.9 Å². The highest BCUT2D eigenvalue weighted by Gasteiger charge is 2.42. The molecule has 18 heavy (non-hydrogen) atoms. The summed E-state index contributed by atoms with van der Waals surface area (Å²) in [6.45, 7) is 2.09. The summed E-state index contributed by atoms with van der Waals surface area (Å²) in [5, 5.41) is 9.74. The molecular weight excluding hydrogens is 292 g/mol. The first-order valence-corrected chi connectivity index (χ1v) is 7.42. The number of hydrogen-bond donors (Lipinski definition) is 1. The molecule has 2 rings (SSSR count). The Kier molecular flexibility index (Phi) is 4.10. The minimum Gasteiger partial charge on any atom is -0.481 e. The topological polar surface area (TPSA) is 37.3 Å². The molecule has 0 unspecified atom stereocenters. The fourth-order valence-electron chi connectivity index (χ4n) is 3.06. The van der Waals surface area contributed by atoms with Crippen molar-refractivity contribution in [3.63, 3.8) is 0 Å². The van der Waals surface area contributed by atoms with Gasteiger partial charge in [0.25, 0.3) is 0 Å². The van der Waals surface area contributed by atoms with Crippen LogP contribution in [0.15, 0.2) is 22.7 Å². The van der Waals surface area contributed by atoms with E-state index in [-0.39, 0.29) is 0 Å². The van der Waals surface area contributed by atoms with E-state index in [9.17, 15) is 9.90 Å². The van der Waals surface area contributed by atoms with Gasteiger partial charge in [-0.2, -0.15) is 0 Å². The fraction of sp³-hybridized carbons (Fsp3) is 0.533. The van der Waals surface area contributed by atoms with Gasteiger partial charge in [0, 0.05) is 4.47 Å². The average molecular weight is 311 g/mol. The van der Waals surface area contributed by atoms with Crippen LogP contribution in [0.1, 0.15) is 50.2 Å². The summed E-state index contributed by atoms with van der Waals surface area (Å²) in [7, 11) is 0. The van der Waals surface area contributed by atoms with Crippen LogP contribution in [-0.4, -0.2) is 11.1 Å². The van der Waals surface area contributed by atoms with E-state index >= 15 is 0 Å². The number of hydrogen-bond acceptors (Lipinski definition) is 1. The summed E-state index contributed by atoms with van der Waals surface area (Å²) in [6, 6.07) is 6.07. The molecule has 0 aliphatic heterocycles. The van der Waals surface area contributed by atoms with Crippen LogP contribution in [-0.2, 0) is 16.6 Å². The molecule has 1 aliphatic carbocycles. The largest absolute Gasteiger partial charge is 0.481 e. The van der Waals surface area contributed by atoms with Gasteiger partial charge in [0.15, 0.2) is 0 Å². The first-order chi connectivity index (χ1) is 8.60. The second-order valence-corrected chi connectivity index (χ2v) is 6.02. The molecule has 2 nitrogen and oxygen atoms in total. The molecule has 0 bridgehead atoms. The van der Waals surface area contributed by atoms with Crippen molar-refractivity contribution >= 4 is 21.9 Å². The van der Waals surface area contributed by atoms with Crippen LogP contribution in [0.3, 0.4) is 0 Å². The van der Waals surface area contributed by atoms with Crippen LogP contribution < -0.4 is 0 Å². The molecule has 98 valence electrons. The predicted octanol–water partition coefficient (Wildman–Crippen LogP) is 4.30. The van der Waals surface area contributed by atoms with E-state index in [1.54, 1.807) is 0 Å². The van der Waals surface area contributed by atoms with Gasteiger partial charge in [-0.15, -0.1) is 0 Å². The molecule has 1 N–H and O–H groups in total. The average Bonchev–Trinajstić information content (AvgIpc) is 2.39. The van der Waals surface area contributed by atoms with Crippen LogP contribution in [0.4, 0.5) is 0 Å². The number of benzene rings is 1. The maximum atomic E-state index is 11.8. The normalized spacial score (nSPS) is 18.6. The lowest BCUT2D eigenvalue weighted by molar-refractivity contribution is -0.145. The van der Waals surface area contributed by atoms with Crippen LogP contribution >= 0.6 is 15.9 Å². The Bertz CT molecular complexity index is 448. The summed E-state index contributed by atoms with van der Waals surface area (Å²) in [4.78, 5) is 11.8. The lowest BCUT2D eigenvalue weighted by Gasteiger charge is -2.35. The number of aliphatic carboxylic acids is 1. The molecule has 0 aromatic heterocycles. The van der Waals surface area contributed by atoms with Gasteiger partial charge in [0.1, 0.15) is 0 Å². The molecule has 0 radical (unpaired) electrons. The zero-order valence-corrected chi connectivity index (χ0v) is 12.3. The van der Waals surface area contributed by atoms with E-state index in [1.807, 2.05) is 12.1 Å². The number of carbonyl (C=O) groups is 1. The summed E-state index contributed by atoms with van der Waals surface area (Å²) in [6.07, 6.45) is 5.61. The molecular formula is C15H19BrO2. The lowest BCUT2D eigenvalue weighted by Crippen LogP contribution is -2.38. The Morgan fingerprint density at radius 2 is 2.00 bits per heavy atom. The van der Waals surface area contributed by atoms with Crippen LogP contribution in [0.2, 0.25) is 0 Å². The zero-order chi connectivity index (χ0) is 13.2. The smallest absolute Gasteiger partial charge is 0.314 e. The summed E-state index contributed by atoms with van der Waals surface area (Å²) >= 11 is 3.47. The van der Waals surface area contributed by atoms with Crippen molar-refractivity contribution < 1.29 is 9.90 Å². The van der Waals surface area contributed by atoms with Crippen molar-refractivity contribution in [1.29, 1.82) is 0 Å². The van der Waals surface area contributed by atoms with E-state index in [4.69, 9.17) is 0 Å². The Labute approximate surface area is 117 Å². The molecule has 1 aromatic carbocycles. The first-order valence-electron chi connectivity index (χ1n) is 6.62. The number of carboxylic acid groups (broad SMARTS) is 1. The van der Waals surface area contributed by atoms with E-state index in [0.717, 1.165) is 48.6 Å². The molecule has 3 heteroatoms. The molecule has 0 heterocycles. The van der Waals surface area contributed by atoms with Gasteiger partial charge in [0.2, 0.25) is 0 Å². The molecule has 1 saturated carbocycles. The van der Waals surface area contributed by atoms with Gasteiger partial charge in [-0.1, -0.05) is 48.2 Å². The molecule has 0 spiro atoms. The predicted molar refractivity (Wildman–Crippen MR) is 75.9 cm³/mol. The van der Waals surface area contributed by atoms with Gasteiger partial charge in [-0.05, 0) is 42.5 Å². The summed E-state index contributed by atoms with van der Waals surface area (Å²) in [5.74, 6) is -0.657. The van der Waals surface area contributed by atoms with Crippen LogP contribution in [0.5, 0.6) is 0 Å². The van der Waals surface area contributed by atoms with Crippen molar-refractivity contribution in [3.05, 3.63) is 33.8 Å². The van der Waals surface area contributed by atoms with Crippen LogP contribution in [0, 0.1) is 0 Å². The molecule has 1 fully saturated rings. The van der Waals surface area contributed by atoms with E-state index in [2.05, 4.69) is 28.9 Å². The summed E-state index contributed by atoms with van der Waals surface area (Å²) < 4.78 is 0.973. The molecule has 1 aliphatic rings. The Morgan fingerprint density at radius 1 is 1.33 bits per heavy atom. The highest BCUT2D eigenvalue weighted by Crippen LogP contribution is 2.42. The van der Waals surface area contributed by atoms with E-state index in [0.29, 0.717) is 0 Å². The molecule has 1 aromatic rings. The molecule has 0 atom stereocenters. The van der Waals surface area contributed by atoms with Crippen LogP contribution in [0.25, 0.3) is 0 Å². The van der Waals surface area contributed by atoms with E-state index < -0.39 is 11.4 Å². The maximum absolute atomic E-state index is 11.8. The quantitative estimate of drug-likeness (QED) is 0.904. The highest BCUT2D eigenvalue weighted by atomic mass is 79.9. The second-order valence-electron chi connectivity index (χ2n) is 5.10. The van der Waals surface area contributed by atoms with Gasteiger partial charge < -0.3 is 5.11 Å². The molecule has 0 amide bonds. The molecule has 0 saturated heterocycles. The summed E-state index contributed by atoms with van der Waals surface area (Å²) in [5.41, 5.74) is 1.53. The van der Waals surface area contributed by atoms with Crippen molar-refractivity contribution in [2.75, 3.05) is 0 Å². The number of aryl methyl sites for hydroxylation is 1. The number of halogens is 1. The van der Waals surface area contributed by atoms with Gasteiger partial charge in [-0.3, -0.25) is 4.79 Å². The standard InChI is InChI=1S/C15H19BrO2/c1-2-11-6-7-12(16)10-13(11)15(14(17)18)8-4-3-5-9-15/h6-7,10H,2-5,8-9H2,1H3,(H,17,18). The van der Waals surface area contributed by atoms with Gasteiger partial charge in [0.05, 0.1) is 5.41 Å². The maximum Gasteiger partial charge on any atom is 0.314 e. The highest BCUT2D eigenvalue weighted by molar-refractivity contribution is 9.10. The number of rotatable bonds is 3.